The molecule has 1 fully saturated rings. The minimum atomic E-state index is -1.09. The Labute approximate surface area is 195 Å². The molecule has 0 spiro atoms. The lowest BCUT2D eigenvalue weighted by atomic mass is 10.0. The molecule has 0 saturated carbocycles. The van der Waals surface area contributed by atoms with Crippen molar-refractivity contribution in [3.8, 4) is 16.9 Å². The summed E-state index contributed by atoms with van der Waals surface area (Å²) in [4.78, 5) is 30.0. The summed E-state index contributed by atoms with van der Waals surface area (Å²) in [5.74, 6) is 0.581. The fourth-order valence-corrected chi connectivity index (χ4v) is 4.24. The molecule has 0 radical (unpaired) electrons. The molecule has 176 valence electrons. The molecule has 3 aromatic rings. The maximum atomic E-state index is 12.5. The number of hydrogen-bond acceptors (Lipinski definition) is 8. The molecule has 11 heteroatoms. The van der Waals surface area contributed by atoms with Crippen LogP contribution in [0.1, 0.15) is 25.1 Å². The lowest BCUT2D eigenvalue weighted by Gasteiger charge is -2.16. The van der Waals surface area contributed by atoms with Crippen molar-refractivity contribution >= 4 is 17.9 Å². The van der Waals surface area contributed by atoms with Crippen molar-refractivity contribution in [2.75, 3.05) is 18.6 Å². The van der Waals surface area contributed by atoms with Gasteiger partial charge in [-0.05, 0) is 55.7 Å². The lowest BCUT2D eigenvalue weighted by molar-refractivity contribution is 0.0737. The van der Waals surface area contributed by atoms with Gasteiger partial charge in [-0.25, -0.2) is 19.3 Å². The number of rotatable bonds is 5. The zero-order valence-corrected chi connectivity index (χ0v) is 18.9. The lowest BCUT2D eigenvalue weighted by Crippen LogP contribution is -2.40. The first kappa shape index (κ1) is 21.8. The normalized spacial score (nSPS) is 18.9. The number of nitrogens with one attached hydrogen (secondary N) is 1. The second kappa shape index (κ2) is 8.10. The van der Waals surface area contributed by atoms with E-state index in [9.17, 15) is 14.7 Å². The van der Waals surface area contributed by atoms with E-state index in [4.69, 9.17) is 4.74 Å². The maximum absolute atomic E-state index is 12.5. The van der Waals surface area contributed by atoms with Crippen molar-refractivity contribution in [3.63, 3.8) is 0 Å². The Morgan fingerprint density at radius 1 is 1.29 bits per heavy atom. The molecular formula is C23H24N6O5. The van der Waals surface area contributed by atoms with Crippen LogP contribution in [-0.4, -0.2) is 63.1 Å². The van der Waals surface area contributed by atoms with E-state index in [1.807, 2.05) is 30.3 Å². The van der Waals surface area contributed by atoms with E-state index in [2.05, 4.69) is 25.3 Å². The third kappa shape index (κ3) is 3.83. The SMILES string of the molecule is COC(=O)NCC1OC(=O)N2c3ccc(-c4ccc(-n5cc(C(C)(C)O)nn5)nc4)cc3C[C@@H]12. The van der Waals surface area contributed by atoms with Gasteiger partial charge in [-0.15, -0.1) is 5.10 Å². The number of anilines is 1. The number of methoxy groups -OCH3 is 1. The molecule has 5 rings (SSSR count). The fraction of sp³-hybridized carbons (Fsp3) is 0.348. The van der Waals surface area contributed by atoms with Crippen LogP contribution >= 0.6 is 0 Å². The van der Waals surface area contributed by atoms with Gasteiger partial charge in [0, 0.05) is 11.8 Å². The van der Waals surface area contributed by atoms with Crippen LogP contribution in [0.4, 0.5) is 15.3 Å². The summed E-state index contributed by atoms with van der Waals surface area (Å²) in [6, 6.07) is 9.46. The molecule has 1 saturated heterocycles. The van der Waals surface area contributed by atoms with Crippen LogP contribution in [0.2, 0.25) is 0 Å². The van der Waals surface area contributed by atoms with E-state index in [1.54, 1.807) is 31.1 Å². The molecule has 2 amide bonds. The first-order valence-electron chi connectivity index (χ1n) is 10.8. The van der Waals surface area contributed by atoms with Crippen LogP contribution < -0.4 is 10.2 Å². The van der Waals surface area contributed by atoms with Gasteiger partial charge in [0.1, 0.15) is 17.4 Å². The van der Waals surface area contributed by atoms with Gasteiger partial charge in [0.15, 0.2) is 5.82 Å². The average molecular weight is 464 g/mol. The molecule has 0 bridgehead atoms. The number of carbonyl (C=O) groups is 2. The number of aliphatic hydroxyl groups is 1. The smallest absolute Gasteiger partial charge is 0.415 e. The van der Waals surface area contributed by atoms with Crippen LogP contribution in [0.5, 0.6) is 0 Å². The van der Waals surface area contributed by atoms with Crippen LogP contribution in [0.3, 0.4) is 0 Å². The van der Waals surface area contributed by atoms with Crippen molar-refractivity contribution < 1.29 is 24.2 Å². The molecule has 2 aliphatic heterocycles. The summed E-state index contributed by atoms with van der Waals surface area (Å²) in [7, 11) is 1.29. The van der Waals surface area contributed by atoms with Gasteiger partial charge in [-0.3, -0.25) is 4.90 Å². The van der Waals surface area contributed by atoms with Crippen molar-refractivity contribution in [3.05, 3.63) is 54.0 Å². The number of nitrogens with zero attached hydrogens (tertiary/aromatic N) is 5. The Bertz CT molecular complexity index is 1250. The van der Waals surface area contributed by atoms with E-state index in [-0.39, 0.29) is 12.6 Å². The molecule has 1 unspecified atom stereocenters. The number of aromatic nitrogens is 4. The van der Waals surface area contributed by atoms with Crippen LogP contribution in [-0.2, 0) is 21.5 Å². The van der Waals surface area contributed by atoms with E-state index in [1.165, 1.54) is 11.8 Å². The second-order valence-corrected chi connectivity index (χ2v) is 8.79. The highest BCUT2D eigenvalue weighted by Gasteiger charge is 2.47. The first-order chi connectivity index (χ1) is 16.2. The van der Waals surface area contributed by atoms with Crippen LogP contribution in [0.25, 0.3) is 16.9 Å². The fourth-order valence-electron chi connectivity index (χ4n) is 4.24. The highest BCUT2D eigenvalue weighted by molar-refractivity contribution is 5.94. The van der Waals surface area contributed by atoms with Crippen molar-refractivity contribution in [1.82, 2.24) is 25.3 Å². The van der Waals surface area contributed by atoms with Gasteiger partial charge in [0.05, 0.1) is 31.6 Å². The summed E-state index contributed by atoms with van der Waals surface area (Å²) >= 11 is 0. The van der Waals surface area contributed by atoms with Gasteiger partial charge in [0.25, 0.3) is 0 Å². The highest BCUT2D eigenvalue weighted by Crippen LogP contribution is 2.40. The molecule has 2 N–H and O–H groups in total. The van der Waals surface area contributed by atoms with Crippen molar-refractivity contribution in [2.45, 2.75) is 38.0 Å². The van der Waals surface area contributed by atoms with Gasteiger partial charge < -0.3 is 19.9 Å². The molecule has 0 aliphatic carbocycles. The van der Waals surface area contributed by atoms with Gasteiger partial charge >= 0.3 is 12.2 Å². The van der Waals surface area contributed by atoms with Crippen molar-refractivity contribution in [1.29, 1.82) is 0 Å². The number of amides is 2. The minimum Gasteiger partial charge on any atom is -0.453 e. The minimum absolute atomic E-state index is 0.184. The number of benzene rings is 1. The molecule has 2 aromatic heterocycles. The second-order valence-electron chi connectivity index (χ2n) is 8.79. The average Bonchev–Trinajstić information content (AvgIpc) is 3.52. The summed E-state index contributed by atoms with van der Waals surface area (Å²) in [6.45, 7) is 3.48. The van der Waals surface area contributed by atoms with Gasteiger partial charge in [-0.2, -0.15) is 0 Å². The highest BCUT2D eigenvalue weighted by atomic mass is 16.6. The van der Waals surface area contributed by atoms with Crippen LogP contribution in [0.15, 0.2) is 42.7 Å². The van der Waals surface area contributed by atoms with Crippen molar-refractivity contribution in [2.24, 2.45) is 0 Å². The first-order valence-corrected chi connectivity index (χ1v) is 10.8. The number of pyridine rings is 1. The zero-order chi connectivity index (χ0) is 24.0. The van der Waals surface area contributed by atoms with Gasteiger partial charge in [0.2, 0.25) is 0 Å². The van der Waals surface area contributed by atoms with E-state index in [0.29, 0.717) is 17.9 Å². The molecule has 2 aliphatic rings. The van der Waals surface area contributed by atoms with E-state index in [0.717, 1.165) is 22.4 Å². The monoisotopic (exact) mass is 464 g/mol. The molecule has 4 heterocycles. The third-order valence-electron chi connectivity index (χ3n) is 6.05. The standard InChI is InChI=1S/C23H24N6O5/c1-23(2,32)19-12-28(27-26-19)20-7-5-14(10-24-20)13-4-6-16-15(8-13)9-17-18(11-25-21(30)33-3)34-22(31)29(16)17/h4-8,10,12,17-18,32H,9,11H2,1-3H3,(H,25,30)/t17-,18?/m0/s1. The third-order valence-corrected chi connectivity index (χ3v) is 6.05. The molecule has 1 aromatic carbocycles. The Morgan fingerprint density at radius 3 is 2.76 bits per heavy atom. The summed E-state index contributed by atoms with van der Waals surface area (Å²) < 4.78 is 11.6. The summed E-state index contributed by atoms with van der Waals surface area (Å²) in [5.41, 5.74) is 3.08. The Balaban J connectivity index is 1.34. The summed E-state index contributed by atoms with van der Waals surface area (Å²) in [5, 5.41) is 20.7. The Kier molecular flexibility index (Phi) is 5.20. The number of carbonyl (C=O) groups excluding carboxylic acids is 2. The van der Waals surface area contributed by atoms with Gasteiger partial charge in [-0.1, -0.05) is 11.3 Å². The number of hydrogen-bond donors (Lipinski definition) is 2. The number of ether oxygens (including phenoxy) is 2. The van der Waals surface area contributed by atoms with E-state index >= 15 is 0 Å². The Morgan fingerprint density at radius 2 is 2.09 bits per heavy atom. The topological polar surface area (TPSA) is 132 Å². The quantitative estimate of drug-likeness (QED) is 0.587. The molecular weight excluding hydrogens is 440 g/mol. The summed E-state index contributed by atoms with van der Waals surface area (Å²) in [6.07, 6.45) is 2.57. The molecule has 11 nitrogen and oxygen atoms in total. The predicted octanol–water partition coefficient (Wildman–Crippen LogP) is 2.16. The largest absolute Gasteiger partial charge is 0.453 e. The Hall–Kier alpha value is -3.99. The number of alkyl carbamates (subject to hydrolysis) is 1. The number of fused-ring (bicyclic) bond motifs is 3. The number of cyclic esters (lactones) is 1. The zero-order valence-electron chi connectivity index (χ0n) is 18.9. The van der Waals surface area contributed by atoms with E-state index < -0.39 is 23.9 Å². The maximum Gasteiger partial charge on any atom is 0.415 e. The van der Waals surface area contributed by atoms with Crippen LogP contribution in [0, 0.1) is 0 Å². The molecule has 34 heavy (non-hydrogen) atoms. The molecule has 2 atom stereocenters. The predicted molar refractivity (Wildman–Crippen MR) is 120 cm³/mol.